The molecule has 5 heteroatoms. The smallest absolute Gasteiger partial charge is 0.256 e. The number of benzene rings is 1. The first-order valence-electron chi connectivity index (χ1n) is 10.4. The summed E-state index contributed by atoms with van der Waals surface area (Å²) in [7, 11) is 0. The molecule has 2 aliphatic rings. The van der Waals surface area contributed by atoms with Gasteiger partial charge in [0.05, 0.1) is 24.3 Å². The van der Waals surface area contributed by atoms with E-state index in [9.17, 15) is 4.79 Å². The van der Waals surface area contributed by atoms with Gasteiger partial charge >= 0.3 is 0 Å². The van der Waals surface area contributed by atoms with Crippen LogP contribution in [0.5, 0.6) is 0 Å². The number of aromatic nitrogens is 1. The minimum absolute atomic E-state index is 0.104. The summed E-state index contributed by atoms with van der Waals surface area (Å²) in [6, 6.07) is 9.83. The average molecular weight is 380 g/mol. The van der Waals surface area contributed by atoms with E-state index in [0.717, 1.165) is 76.1 Å². The summed E-state index contributed by atoms with van der Waals surface area (Å²) in [5.41, 5.74) is 1.52. The van der Waals surface area contributed by atoms with Crippen LogP contribution in [0.1, 0.15) is 29.6 Å². The Morgan fingerprint density at radius 1 is 1.18 bits per heavy atom. The summed E-state index contributed by atoms with van der Waals surface area (Å²) in [6.07, 6.45) is 9.62. The number of morpholine rings is 1. The summed E-state index contributed by atoms with van der Waals surface area (Å²) in [5, 5.41) is 1.02. The van der Waals surface area contributed by atoms with Crippen molar-refractivity contribution in [2.75, 3.05) is 45.9 Å². The van der Waals surface area contributed by atoms with Crippen LogP contribution in [0, 0.1) is 5.92 Å². The molecule has 5 nitrogen and oxygen atoms in total. The van der Waals surface area contributed by atoms with Crippen LogP contribution in [0.3, 0.4) is 0 Å². The third-order valence-corrected chi connectivity index (χ3v) is 5.80. The van der Waals surface area contributed by atoms with Gasteiger partial charge in [-0.05, 0) is 37.3 Å². The number of amides is 1. The van der Waals surface area contributed by atoms with Gasteiger partial charge in [0.15, 0.2) is 0 Å². The van der Waals surface area contributed by atoms with Crippen molar-refractivity contribution >= 4 is 16.8 Å². The van der Waals surface area contributed by atoms with Crippen molar-refractivity contribution in [3.8, 4) is 0 Å². The molecule has 1 aliphatic heterocycles. The Morgan fingerprint density at radius 3 is 2.86 bits per heavy atom. The minimum Gasteiger partial charge on any atom is -0.379 e. The second-order valence-corrected chi connectivity index (χ2v) is 7.74. The van der Waals surface area contributed by atoms with Crippen molar-refractivity contribution in [3.05, 3.63) is 54.2 Å². The van der Waals surface area contributed by atoms with Crippen LogP contribution in [-0.4, -0.2) is 66.6 Å². The maximum Gasteiger partial charge on any atom is 0.256 e. The molecule has 1 aromatic carbocycles. The van der Waals surface area contributed by atoms with E-state index in [1.807, 2.05) is 30.3 Å². The predicted molar refractivity (Wildman–Crippen MR) is 111 cm³/mol. The average Bonchev–Trinajstić information content (AvgIpc) is 2.77. The van der Waals surface area contributed by atoms with E-state index in [2.05, 4.69) is 26.9 Å². The zero-order chi connectivity index (χ0) is 19.2. The Hall–Kier alpha value is -2.24. The highest BCUT2D eigenvalue weighted by molar-refractivity contribution is 6.05. The quantitative estimate of drug-likeness (QED) is 0.722. The molecule has 1 fully saturated rings. The number of carbonyl (C=O) groups is 1. The van der Waals surface area contributed by atoms with Crippen LogP contribution < -0.4 is 0 Å². The predicted octanol–water partition coefficient (Wildman–Crippen LogP) is 3.37. The highest BCUT2D eigenvalue weighted by Crippen LogP contribution is 2.22. The van der Waals surface area contributed by atoms with Gasteiger partial charge in [-0.15, -0.1) is 0 Å². The summed E-state index contributed by atoms with van der Waals surface area (Å²) >= 11 is 0. The van der Waals surface area contributed by atoms with E-state index in [4.69, 9.17) is 4.74 Å². The first-order chi connectivity index (χ1) is 13.8. The molecule has 1 atom stereocenters. The molecule has 1 unspecified atom stereocenters. The van der Waals surface area contributed by atoms with Crippen LogP contribution in [-0.2, 0) is 4.74 Å². The zero-order valence-corrected chi connectivity index (χ0v) is 16.4. The number of hydrogen-bond acceptors (Lipinski definition) is 4. The van der Waals surface area contributed by atoms with Gasteiger partial charge in [-0.3, -0.25) is 14.7 Å². The maximum absolute atomic E-state index is 13.5. The van der Waals surface area contributed by atoms with Gasteiger partial charge in [-0.25, -0.2) is 0 Å². The van der Waals surface area contributed by atoms with Crippen LogP contribution in [0.15, 0.2) is 48.7 Å². The lowest BCUT2D eigenvalue weighted by Crippen LogP contribution is -2.44. The number of rotatable bonds is 6. The zero-order valence-electron chi connectivity index (χ0n) is 16.4. The number of allylic oxidation sites excluding steroid dienone is 2. The molecule has 2 aromatic rings. The molecular formula is C23H29N3O2. The van der Waals surface area contributed by atoms with Crippen molar-refractivity contribution in [2.24, 2.45) is 5.92 Å². The second kappa shape index (κ2) is 9.30. The van der Waals surface area contributed by atoms with Crippen LogP contribution in [0.2, 0.25) is 0 Å². The van der Waals surface area contributed by atoms with Crippen molar-refractivity contribution in [3.63, 3.8) is 0 Å². The molecule has 0 bridgehead atoms. The highest BCUT2D eigenvalue weighted by atomic mass is 16.5. The van der Waals surface area contributed by atoms with E-state index in [0.29, 0.717) is 11.5 Å². The molecule has 1 amide bonds. The molecule has 28 heavy (non-hydrogen) atoms. The van der Waals surface area contributed by atoms with Gasteiger partial charge in [-0.1, -0.05) is 30.4 Å². The number of hydrogen-bond donors (Lipinski definition) is 0. The van der Waals surface area contributed by atoms with Crippen molar-refractivity contribution in [1.29, 1.82) is 0 Å². The van der Waals surface area contributed by atoms with E-state index < -0.39 is 0 Å². The first-order valence-corrected chi connectivity index (χ1v) is 10.4. The molecule has 1 saturated heterocycles. The lowest BCUT2D eigenvalue weighted by molar-refractivity contribution is 0.0315. The van der Waals surface area contributed by atoms with E-state index in [1.54, 1.807) is 6.20 Å². The second-order valence-electron chi connectivity index (χ2n) is 7.74. The Bertz CT molecular complexity index is 824. The molecule has 0 spiro atoms. The Morgan fingerprint density at radius 2 is 2.04 bits per heavy atom. The molecule has 0 saturated carbocycles. The fraction of sp³-hybridized carbons (Fsp3) is 0.478. The molecule has 4 rings (SSSR count). The van der Waals surface area contributed by atoms with Gasteiger partial charge in [0.1, 0.15) is 0 Å². The Balaban J connectivity index is 1.53. The Kier molecular flexibility index (Phi) is 6.34. The number of fused-ring (bicyclic) bond motifs is 1. The van der Waals surface area contributed by atoms with E-state index >= 15 is 0 Å². The SMILES string of the molecule is O=C(c1cccc2cccnc12)N(CCN1CCOCC1)CC1CC=CCC1. The molecule has 148 valence electrons. The normalized spacial score (nSPS) is 20.4. The largest absolute Gasteiger partial charge is 0.379 e. The van der Waals surface area contributed by atoms with Crippen LogP contribution in [0.4, 0.5) is 0 Å². The third kappa shape index (κ3) is 4.59. The fourth-order valence-corrected chi connectivity index (χ4v) is 4.14. The summed E-state index contributed by atoms with van der Waals surface area (Å²) in [5.74, 6) is 0.647. The monoisotopic (exact) mass is 379 g/mol. The third-order valence-electron chi connectivity index (χ3n) is 5.80. The molecule has 0 radical (unpaired) electrons. The van der Waals surface area contributed by atoms with E-state index in [1.165, 1.54) is 0 Å². The molecule has 0 N–H and O–H groups in total. The topological polar surface area (TPSA) is 45.7 Å². The summed E-state index contributed by atoms with van der Waals surface area (Å²) in [4.78, 5) is 22.5. The van der Waals surface area contributed by atoms with Gasteiger partial charge in [0.2, 0.25) is 0 Å². The molecule has 2 heterocycles. The number of ether oxygens (including phenoxy) is 1. The fourth-order valence-electron chi connectivity index (χ4n) is 4.14. The van der Waals surface area contributed by atoms with Crippen molar-refractivity contribution in [2.45, 2.75) is 19.3 Å². The highest BCUT2D eigenvalue weighted by Gasteiger charge is 2.23. The van der Waals surface area contributed by atoms with Gasteiger partial charge < -0.3 is 9.64 Å². The summed E-state index contributed by atoms with van der Waals surface area (Å²) in [6.45, 7) is 5.94. The van der Waals surface area contributed by atoms with Crippen molar-refractivity contribution < 1.29 is 9.53 Å². The van der Waals surface area contributed by atoms with Crippen molar-refractivity contribution in [1.82, 2.24) is 14.8 Å². The molecular weight excluding hydrogens is 350 g/mol. The van der Waals surface area contributed by atoms with Gasteiger partial charge in [0.25, 0.3) is 5.91 Å². The molecule has 1 aromatic heterocycles. The lowest BCUT2D eigenvalue weighted by atomic mass is 9.93. The van der Waals surface area contributed by atoms with Gasteiger partial charge in [0, 0.05) is 44.3 Å². The van der Waals surface area contributed by atoms with Crippen LogP contribution in [0.25, 0.3) is 10.9 Å². The Labute approximate surface area is 167 Å². The number of pyridine rings is 1. The number of nitrogens with zero attached hydrogens (tertiary/aromatic N) is 3. The van der Waals surface area contributed by atoms with Crippen LogP contribution >= 0.6 is 0 Å². The maximum atomic E-state index is 13.5. The molecule has 1 aliphatic carbocycles. The summed E-state index contributed by atoms with van der Waals surface area (Å²) < 4.78 is 5.45. The standard InChI is InChI=1S/C23H29N3O2/c27-23(21-10-4-8-20-9-5-11-24-22(20)21)26(18-19-6-2-1-3-7-19)13-12-25-14-16-28-17-15-25/h1-2,4-5,8-11,19H,3,6-7,12-18H2. The van der Waals surface area contributed by atoms with E-state index in [-0.39, 0.29) is 5.91 Å². The lowest BCUT2D eigenvalue weighted by Gasteiger charge is -2.32. The van der Waals surface area contributed by atoms with Gasteiger partial charge in [-0.2, -0.15) is 0 Å². The first kappa shape index (κ1) is 19.1. The number of carbonyl (C=O) groups excluding carboxylic acids is 1. The number of para-hydroxylation sites is 1. The minimum atomic E-state index is 0.104.